The van der Waals surface area contributed by atoms with Crippen molar-refractivity contribution in [3.8, 4) is 0 Å². The SMILES string of the molecule is CCN(C(=O)C[NH+](CC)CC(=O)Nc1ccc(NC(C)=O)cc1)C1CCCCC1. The van der Waals surface area contributed by atoms with E-state index in [-0.39, 0.29) is 24.3 Å². The van der Waals surface area contributed by atoms with E-state index in [2.05, 4.69) is 10.6 Å². The van der Waals surface area contributed by atoms with Crippen LogP contribution in [0.1, 0.15) is 52.9 Å². The lowest BCUT2D eigenvalue weighted by atomic mass is 9.94. The molecule has 1 aromatic carbocycles. The van der Waals surface area contributed by atoms with Crippen LogP contribution in [0, 0.1) is 0 Å². The lowest BCUT2D eigenvalue weighted by Gasteiger charge is -2.34. The molecule has 0 radical (unpaired) electrons. The van der Waals surface area contributed by atoms with Gasteiger partial charge in [-0.25, -0.2) is 0 Å². The molecule has 1 aliphatic rings. The van der Waals surface area contributed by atoms with E-state index < -0.39 is 0 Å². The highest BCUT2D eigenvalue weighted by Crippen LogP contribution is 2.22. The second kappa shape index (κ2) is 11.6. The molecule has 3 N–H and O–H groups in total. The van der Waals surface area contributed by atoms with Gasteiger partial charge in [0.15, 0.2) is 13.1 Å². The van der Waals surface area contributed by atoms with E-state index in [0.717, 1.165) is 24.3 Å². The van der Waals surface area contributed by atoms with E-state index in [1.807, 2.05) is 18.7 Å². The lowest BCUT2D eigenvalue weighted by Crippen LogP contribution is -3.14. The zero-order chi connectivity index (χ0) is 21.2. The molecule has 0 saturated heterocycles. The van der Waals surface area contributed by atoms with Crippen LogP contribution < -0.4 is 15.5 Å². The molecule has 29 heavy (non-hydrogen) atoms. The molecule has 0 aromatic heterocycles. The minimum Gasteiger partial charge on any atom is -0.335 e. The van der Waals surface area contributed by atoms with Crippen molar-refractivity contribution in [2.75, 3.05) is 36.8 Å². The molecule has 1 unspecified atom stereocenters. The Kier molecular flexibility index (Phi) is 9.12. The van der Waals surface area contributed by atoms with Crippen LogP contribution in [0.25, 0.3) is 0 Å². The molecule has 3 amide bonds. The first-order valence-electron chi connectivity index (χ1n) is 10.7. The number of likely N-dealkylation sites (N-methyl/N-ethyl adjacent to an activating group) is 2. The largest absolute Gasteiger partial charge is 0.335 e. The normalized spacial score (nSPS) is 15.4. The predicted octanol–water partition coefficient (Wildman–Crippen LogP) is 1.67. The highest BCUT2D eigenvalue weighted by molar-refractivity contribution is 5.92. The number of quaternary nitrogens is 1. The van der Waals surface area contributed by atoms with Gasteiger partial charge in [0.1, 0.15) is 0 Å². The first-order valence-corrected chi connectivity index (χ1v) is 10.7. The fourth-order valence-corrected chi connectivity index (χ4v) is 3.93. The molecule has 7 nitrogen and oxygen atoms in total. The Bertz CT molecular complexity index is 684. The molecular weight excluding hydrogens is 368 g/mol. The van der Waals surface area contributed by atoms with Crippen molar-refractivity contribution >= 4 is 29.1 Å². The maximum absolute atomic E-state index is 12.8. The van der Waals surface area contributed by atoms with Gasteiger partial charge >= 0.3 is 0 Å². The van der Waals surface area contributed by atoms with Gasteiger partial charge in [0.05, 0.1) is 6.54 Å². The molecule has 2 rings (SSSR count). The molecule has 1 fully saturated rings. The van der Waals surface area contributed by atoms with E-state index in [1.165, 1.54) is 26.2 Å². The predicted molar refractivity (Wildman–Crippen MR) is 115 cm³/mol. The lowest BCUT2D eigenvalue weighted by molar-refractivity contribution is -0.882. The summed E-state index contributed by atoms with van der Waals surface area (Å²) in [6.45, 7) is 7.52. The van der Waals surface area contributed by atoms with Gasteiger partial charge in [-0.1, -0.05) is 19.3 Å². The summed E-state index contributed by atoms with van der Waals surface area (Å²) in [5.74, 6) is -0.116. The summed E-state index contributed by atoms with van der Waals surface area (Å²) in [6.07, 6.45) is 5.84. The zero-order valence-corrected chi connectivity index (χ0v) is 17.9. The van der Waals surface area contributed by atoms with Crippen LogP contribution in [0.15, 0.2) is 24.3 Å². The molecule has 0 aliphatic heterocycles. The summed E-state index contributed by atoms with van der Waals surface area (Å²) >= 11 is 0. The zero-order valence-electron chi connectivity index (χ0n) is 17.9. The monoisotopic (exact) mass is 403 g/mol. The van der Waals surface area contributed by atoms with Gasteiger partial charge in [0, 0.05) is 30.9 Å². The van der Waals surface area contributed by atoms with Crippen molar-refractivity contribution in [1.82, 2.24) is 4.90 Å². The summed E-state index contributed by atoms with van der Waals surface area (Å²) in [5, 5.41) is 5.56. The summed E-state index contributed by atoms with van der Waals surface area (Å²) < 4.78 is 0. The van der Waals surface area contributed by atoms with Crippen molar-refractivity contribution in [2.24, 2.45) is 0 Å². The number of hydrogen-bond acceptors (Lipinski definition) is 3. The van der Waals surface area contributed by atoms with Crippen LogP contribution >= 0.6 is 0 Å². The highest BCUT2D eigenvalue weighted by Gasteiger charge is 2.27. The quantitative estimate of drug-likeness (QED) is 0.587. The molecule has 0 heterocycles. The Balaban J connectivity index is 1.86. The second-order valence-corrected chi connectivity index (χ2v) is 7.74. The molecule has 0 spiro atoms. The molecule has 1 aromatic rings. The average Bonchev–Trinajstić information content (AvgIpc) is 2.70. The topological polar surface area (TPSA) is 83.0 Å². The Morgan fingerprint density at radius 1 is 0.966 bits per heavy atom. The van der Waals surface area contributed by atoms with Gasteiger partial charge in [0.2, 0.25) is 5.91 Å². The Labute approximate surface area is 173 Å². The fraction of sp³-hybridized carbons (Fsp3) is 0.591. The van der Waals surface area contributed by atoms with Crippen LogP contribution in [0.3, 0.4) is 0 Å². The van der Waals surface area contributed by atoms with E-state index in [0.29, 0.717) is 30.5 Å². The molecule has 1 atom stereocenters. The van der Waals surface area contributed by atoms with Gasteiger partial charge in [-0.05, 0) is 51.0 Å². The third kappa shape index (κ3) is 7.49. The maximum Gasteiger partial charge on any atom is 0.279 e. The Hall–Kier alpha value is -2.41. The van der Waals surface area contributed by atoms with Crippen LogP contribution in [0.5, 0.6) is 0 Å². The number of nitrogens with one attached hydrogen (secondary N) is 3. The van der Waals surface area contributed by atoms with E-state index in [9.17, 15) is 14.4 Å². The van der Waals surface area contributed by atoms with Crippen LogP contribution in [-0.2, 0) is 14.4 Å². The first-order chi connectivity index (χ1) is 13.9. The summed E-state index contributed by atoms with van der Waals surface area (Å²) in [4.78, 5) is 39.3. The molecule has 7 heteroatoms. The van der Waals surface area contributed by atoms with Crippen molar-refractivity contribution in [1.29, 1.82) is 0 Å². The Morgan fingerprint density at radius 3 is 2.07 bits per heavy atom. The summed E-state index contributed by atoms with van der Waals surface area (Å²) in [6, 6.07) is 7.35. The van der Waals surface area contributed by atoms with Crippen molar-refractivity contribution < 1.29 is 19.3 Å². The number of hydrogen-bond donors (Lipinski definition) is 3. The van der Waals surface area contributed by atoms with E-state index >= 15 is 0 Å². The minimum absolute atomic E-state index is 0.123. The molecule has 0 bridgehead atoms. The highest BCUT2D eigenvalue weighted by atomic mass is 16.2. The summed E-state index contributed by atoms with van der Waals surface area (Å²) in [7, 11) is 0. The number of benzene rings is 1. The molecule has 160 valence electrons. The smallest absolute Gasteiger partial charge is 0.279 e. The van der Waals surface area contributed by atoms with Crippen molar-refractivity contribution in [3.63, 3.8) is 0 Å². The van der Waals surface area contributed by atoms with Gasteiger partial charge in [0.25, 0.3) is 11.8 Å². The van der Waals surface area contributed by atoms with Gasteiger partial charge < -0.3 is 20.4 Å². The van der Waals surface area contributed by atoms with Gasteiger partial charge in [-0.15, -0.1) is 0 Å². The number of amides is 3. The van der Waals surface area contributed by atoms with Crippen molar-refractivity contribution in [3.05, 3.63) is 24.3 Å². The van der Waals surface area contributed by atoms with Crippen LogP contribution in [-0.4, -0.2) is 54.8 Å². The van der Waals surface area contributed by atoms with Crippen molar-refractivity contribution in [2.45, 2.75) is 58.9 Å². The number of rotatable bonds is 9. The van der Waals surface area contributed by atoms with Crippen LogP contribution in [0.4, 0.5) is 11.4 Å². The minimum atomic E-state index is -0.136. The van der Waals surface area contributed by atoms with Crippen LogP contribution in [0.2, 0.25) is 0 Å². The van der Waals surface area contributed by atoms with Gasteiger partial charge in [-0.2, -0.15) is 0 Å². The number of nitrogens with zero attached hydrogens (tertiary/aromatic N) is 1. The number of carbonyl (C=O) groups excluding carboxylic acids is 3. The first kappa shape index (κ1) is 22.9. The number of carbonyl (C=O) groups is 3. The molecule has 1 saturated carbocycles. The second-order valence-electron chi connectivity index (χ2n) is 7.74. The summed E-state index contributed by atoms with van der Waals surface area (Å²) in [5.41, 5.74) is 1.35. The third-order valence-corrected chi connectivity index (χ3v) is 5.48. The number of anilines is 2. The molecular formula is C22H35N4O3+. The van der Waals surface area contributed by atoms with E-state index in [1.54, 1.807) is 24.3 Å². The van der Waals surface area contributed by atoms with E-state index in [4.69, 9.17) is 0 Å². The fourth-order valence-electron chi connectivity index (χ4n) is 3.93. The average molecular weight is 404 g/mol. The Morgan fingerprint density at radius 2 is 1.55 bits per heavy atom. The maximum atomic E-state index is 12.8. The molecule has 1 aliphatic carbocycles. The standard InChI is InChI=1S/C22H34N4O3/c1-4-25(16-22(29)26(5-2)20-9-7-6-8-10-20)15-21(28)24-19-13-11-18(12-14-19)23-17(3)27/h11-14,20H,4-10,15-16H2,1-3H3,(H,23,27)(H,24,28)/p+1. The van der Waals surface area contributed by atoms with Gasteiger partial charge in [-0.3, -0.25) is 14.4 Å². The third-order valence-electron chi connectivity index (χ3n) is 5.48.